The Labute approximate surface area is 106 Å². The first-order valence-corrected chi connectivity index (χ1v) is 9.40. The summed E-state index contributed by atoms with van der Waals surface area (Å²) >= 11 is 0. The average Bonchev–Trinajstić information content (AvgIpc) is 2.24. The summed E-state index contributed by atoms with van der Waals surface area (Å²) < 4.78 is 23.3. The van der Waals surface area contributed by atoms with Gasteiger partial charge in [-0.05, 0) is 31.1 Å². The second kappa shape index (κ2) is 9.63. The summed E-state index contributed by atoms with van der Waals surface area (Å²) in [5, 5.41) is 0. The number of hydrogen-bond acceptors (Lipinski definition) is 2. The van der Waals surface area contributed by atoms with Gasteiger partial charge in [-0.15, -0.1) is 0 Å². The second-order valence-electron chi connectivity index (χ2n) is 4.85. The predicted molar refractivity (Wildman–Crippen MR) is 74.2 cm³/mol. The van der Waals surface area contributed by atoms with Gasteiger partial charge in [0.25, 0.3) is 0 Å². The van der Waals surface area contributed by atoms with Gasteiger partial charge in [0.05, 0.1) is 0 Å². The van der Waals surface area contributed by atoms with Gasteiger partial charge >= 0.3 is 0 Å². The van der Waals surface area contributed by atoms with Gasteiger partial charge < -0.3 is 9.11 Å². The molecule has 0 aromatic rings. The Morgan fingerprint density at radius 1 is 0.938 bits per heavy atom. The third kappa shape index (κ3) is 8.74. The lowest BCUT2D eigenvalue weighted by molar-refractivity contribution is 0.532. The van der Waals surface area contributed by atoms with E-state index in [1.165, 1.54) is 0 Å². The lowest BCUT2D eigenvalue weighted by Gasteiger charge is -2.14. The quantitative estimate of drug-likeness (QED) is 0.475. The van der Waals surface area contributed by atoms with Gasteiger partial charge in [-0.2, -0.15) is 0 Å². The Kier molecular flexibility index (Phi) is 10.0. The van der Waals surface area contributed by atoms with Crippen LogP contribution in [0.4, 0.5) is 0 Å². The van der Waals surface area contributed by atoms with Gasteiger partial charge in [0.2, 0.25) is 0 Å². The van der Waals surface area contributed by atoms with E-state index in [1.54, 1.807) is 0 Å². The van der Waals surface area contributed by atoms with Crippen LogP contribution >= 0.6 is 0 Å². The van der Waals surface area contributed by atoms with Crippen molar-refractivity contribution in [3.63, 3.8) is 0 Å². The van der Waals surface area contributed by atoms with Crippen LogP contribution in [0.3, 0.4) is 0 Å². The molecule has 0 aliphatic heterocycles. The molecule has 0 heterocycles. The summed E-state index contributed by atoms with van der Waals surface area (Å²) in [6, 6.07) is 0. The van der Waals surface area contributed by atoms with Crippen molar-refractivity contribution >= 4 is 20.4 Å². The highest BCUT2D eigenvalue weighted by molar-refractivity contribution is 8.67. The van der Waals surface area contributed by atoms with Crippen LogP contribution in [0.1, 0.15) is 53.4 Å². The molecule has 3 unspecified atom stereocenters. The van der Waals surface area contributed by atoms with E-state index >= 15 is 0 Å². The highest BCUT2D eigenvalue weighted by Gasteiger charge is 2.24. The number of hydrogen-bond donors (Lipinski definition) is 0. The monoisotopic (exact) mass is 266 g/mol. The second-order valence-corrected chi connectivity index (χ2v) is 9.12. The molecular weight excluding hydrogens is 240 g/mol. The van der Waals surface area contributed by atoms with Gasteiger partial charge in [-0.1, -0.05) is 34.1 Å². The SMILES string of the molecule is CCC(C)CC[S+]([O-])[S+]([O-])CCCC(C)C. The molecule has 4 heteroatoms. The van der Waals surface area contributed by atoms with Gasteiger partial charge in [-0.3, -0.25) is 0 Å². The van der Waals surface area contributed by atoms with Crippen LogP contribution in [0.5, 0.6) is 0 Å². The summed E-state index contributed by atoms with van der Waals surface area (Å²) in [7, 11) is -2.26. The van der Waals surface area contributed by atoms with Crippen LogP contribution < -0.4 is 0 Å². The fraction of sp³-hybridized carbons (Fsp3) is 1.00. The lowest BCUT2D eigenvalue weighted by atomic mass is 10.1. The molecule has 0 bridgehead atoms. The van der Waals surface area contributed by atoms with Gasteiger partial charge in [-0.25, -0.2) is 0 Å². The molecule has 2 nitrogen and oxygen atoms in total. The Balaban J connectivity index is 3.60. The molecule has 0 radical (unpaired) electrons. The zero-order chi connectivity index (χ0) is 12.6. The normalized spacial score (nSPS) is 17.4. The molecule has 0 rings (SSSR count). The van der Waals surface area contributed by atoms with E-state index in [0.717, 1.165) is 25.7 Å². The van der Waals surface area contributed by atoms with Crippen LogP contribution in [0.2, 0.25) is 0 Å². The third-order valence-corrected chi connectivity index (χ3v) is 6.62. The van der Waals surface area contributed by atoms with Crippen LogP contribution in [-0.4, -0.2) is 20.6 Å². The van der Waals surface area contributed by atoms with Crippen molar-refractivity contribution < 1.29 is 9.11 Å². The van der Waals surface area contributed by atoms with Crippen molar-refractivity contribution in [2.75, 3.05) is 11.5 Å². The van der Waals surface area contributed by atoms with E-state index in [4.69, 9.17) is 0 Å². The van der Waals surface area contributed by atoms with E-state index in [0.29, 0.717) is 23.3 Å². The first-order chi connectivity index (χ1) is 7.47. The molecule has 3 atom stereocenters. The fourth-order valence-corrected chi connectivity index (χ4v) is 4.42. The number of rotatable bonds is 9. The van der Waals surface area contributed by atoms with Gasteiger partial charge in [0.1, 0.15) is 0 Å². The average molecular weight is 266 g/mol. The molecule has 16 heavy (non-hydrogen) atoms. The predicted octanol–water partition coefficient (Wildman–Crippen LogP) is 3.27. The zero-order valence-corrected chi connectivity index (χ0v) is 12.7. The van der Waals surface area contributed by atoms with Crippen LogP contribution in [0.15, 0.2) is 0 Å². The van der Waals surface area contributed by atoms with Gasteiger partial charge in [0, 0.05) is 0 Å². The smallest absolute Gasteiger partial charge is 0.170 e. The Hall–Kier alpha value is 0.620. The van der Waals surface area contributed by atoms with Crippen molar-refractivity contribution in [3.05, 3.63) is 0 Å². The molecule has 0 saturated heterocycles. The zero-order valence-electron chi connectivity index (χ0n) is 11.0. The Bertz CT molecular complexity index is 165. The Morgan fingerprint density at radius 3 is 2.00 bits per heavy atom. The minimum absolute atomic E-state index is 0.594. The molecule has 0 amide bonds. The molecule has 0 aliphatic carbocycles. The summed E-state index contributed by atoms with van der Waals surface area (Å²) in [5.74, 6) is 2.44. The third-order valence-electron chi connectivity index (χ3n) is 2.77. The standard InChI is InChI=1S/C12H26O2S2/c1-5-12(4)8-10-16(14)15(13)9-6-7-11(2)3/h11-12H,5-10H2,1-4H3. The summed E-state index contributed by atoms with van der Waals surface area (Å²) in [5.41, 5.74) is 0. The minimum Gasteiger partial charge on any atom is -0.571 e. The van der Waals surface area contributed by atoms with Gasteiger partial charge in [0.15, 0.2) is 31.9 Å². The molecular formula is C12H26O2S2. The maximum atomic E-state index is 11.7. The molecule has 0 saturated carbocycles. The van der Waals surface area contributed by atoms with Crippen LogP contribution in [-0.2, 0) is 20.4 Å². The van der Waals surface area contributed by atoms with Crippen LogP contribution in [0.25, 0.3) is 0 Å². The first kappa shape index (κ1) is 16.6. The maximum absolute atomic E-state index is 11.7. The molecule has 0 aromatic heterocycles. The Morgan fingerprint density at radius 2 is 1.50 bits per heavy atom. The van der Waals surface area contributed by atoms with E-state index < -0.39 is 20.4 Å². The highest BCUT2D eigenvalue weighted by atomic mass is 33.2. The largest absolute Gasteiger partial charge is 0.571 e. The molecule has 0 spiro atoms. The topological polar surface area (TPSA) is 46.1 Å². The van der Waals surface area contributed by atoms with Crippen LogP contribution in [0, 0.1) is 11.8 Å². The molecule has 0 N–H and O–H groups in total. The van der Waals surface area contributed by atoms with Crippen molar-refractivity contribution in [1.29, 1.82) is 0 Å². The van der Waals surface area contributed by atoms with E-state index in [1.807, 2.05) is 0 Å². The van der Waals surface area contributed by atoms with E-state index in [-0.39, 0.29) is 0 Å². The fourth-order valence-electron chi connectivity index (χ4n) is 1.30. The summed E-state index contributed by atoms with van der Waals surface area (Å²) in [6.45, 7) is 8.59. The highest BCUT2D eigenvalue weighted by Crippen LogP contribution is 2.15. The van der Waals surface area contributed by atoms with Crippen molar-refractivity contribution in [2.45, 2.75) is 53.4 Å². The summed E-state index contributed by atoms with van der Waals surface area (Å²) in [6.07, 6.45) is 4.05. The summed E-state index contributed by atoms with van der Waals surface area (Å²) in [4.78, 5) is 0. The molecule has 0 aliphatic rings. The molecule has 0 aromatic carbocycles. The molecule has 98 valence electrons. The van der Waals surface area contributed by atoms with Crippen molar-refractivity contribution in [1.82, 2.24) is 0 Å². The lowest BCUT2D eigenvalue weighted by Crippen LogP contribution is -2.23. The van der Waals surface area contributed by atoms with Crippen molar-refractivity contribution in [3.8, 4) is 0 Å². The van der Waals surface area contributed by atoms with E-state index in [2.05, 4.69) is 27.7 Å². The first-order valence-electron chi connectivity index (χ1n) is 6.24. The van der Waals surface area contributed by atoms with Crippen molar-refractivity contribution in [2.24, 2.45) is 11.8 Å². The molecule has 0 fully saturated rings. The van der Waals surface area contributed by atoms with E-state index in [9.17, 15) is 9.11 Å². The minimum atomic E-state index is -1.13. The maximum Gasteiger partial charge on any atom is 0.170 e.